The van der Waals surface area contributed by atoms with Crippen LogP contribution in [0.1, 0.15) is 84.3 Å². The van der Waals surface area contributed by atoms with Gasteiger partial charge in [-0.25, -0.2) is 0 Å². The van der Waals surface area contributed by atoms with Gasteiger partial charge in [0.05, 0.1) is 0 Å². The van der Waals surface area contributed by atoms with E-state index in [-0.39, 0.29) is 5.92 Å². The number of unbranched alkanes of at least 4 members (excludes halogenated alkanes) is 5. The van der Waals surface area contributed by atoms with Gasteiger partial charge in [-0.05, 0) is 36.0 Å². The summed E-state index contributed by atoms with van der Waals surface area (Å²) in [5.41, 5.74) is 3.09. The molecule has 4 heteroatoms. The Morgan fingerprint density at radius 1 is 0.893 bits per heavy atom. The van der Waals surface area contributed by atoms with Crippen molar-refractivity contribution >= 4 is 18.0 Å². The zero-order valence-electron chi connectivity index (χ0n) is 18.1. The molecule has 0 saturated heterocycles. The van der Waals surface area contributed by atoms with Crippen molar-refractivity contribution in [3.05, 3.63) is 41.0 Å². The van der Waals surface area contributed by atoms with Crippen molar-refractivity contribution < 1.29 is 19.1 Å². The Hall–Kier alpha value is -2.10. The topological polar surface area (TPSA) is 52.6 Å². The number of rotatable bonds is 12. The highest BCUT2D eigenvalue weighted by Gasteiger charge is 2.23. The molecule has 0 heterocycles. The second kappa shape index (κ2) is 13.1. The van der Waals surface area contributed by atoms with Gasteiger partial charge in [0.25, 0.3) is 6.29 Å². The normalized spacial score (nSPS) is 11.8. The van der Waals surface area contributed by atoms with Crippen LogP contribution in [0, 0.1) is 5.92 Å². The van der Waals surface area contributed by atoms with Crippen LogP contribution in [0.3, 0.4) is 0 Å². The smallest absolute Gasteiger partial charge is 0.305 e. The van der Waals surface area contributed by atoms with E-state index >= 15 is 0 Å². The minimum absolute atomic E-state index is 0.0616. The summed E-state index contributed by atoms with van der Waals surface area (Å²) in [7, 11) is 0. The summed E-state index contributed by atoms with van der Waals surface area (Å²) in [5, 5.41) is 0. The highest BCUT2D eigenvalue weighted by atomic mass is 16.7. The van der Waals surface area contributed by atoms with Crippen molar-refractivity contribution in [1.29, 1.82) is 0 Å². The van der Waals surface area contributed by atoms with Crippen molar-refractivity contribution in [2.75, 3.05) is 0 Å². The molecule has 0 saturated carbocycles. The summed E-state index contributed by atoms with van der Waals surface area (Å²) >= 11 is 0. The fourth-order valence-electron chi connectivity index (χ4n) is 3.05. The van der Waals surface area contributed by atoms with Gasteiger partial charge in [0.1, 0.15) is 0 Å². The second-order valence-corrected chi connectivity index (χ2v) is 7.61. The lowest BCUT2D eigenvalue weighted by atomic mass is 9.98. The van der Waals surface area contributed by atoms with E-state index in [1.807, 2.05) is 19.9 Å². The third kappa shape index (κ3) is 9.72. The maximum Gasteiger partial charge on any atom is 0.305 e. The fraction of sp³-hybridized carbons (Fsp3) is 0.583. The molecule has 0 aliphatic rings. The molecule has 0 atom stereocenters. The number of esters is 2. The van der Waals surface area contributed by atoms with Gasteiger partial charge < -0.3 is 9.47 Å². The maximum atomic E-state index is 11.4. The molecule has 28 heavy (non-hydrogen) atoms. The van der Waals surface area contributed by atoms with E-state index in [0.29, 0.717) is 0 Å². The average molecular weight is 389 g/mol. The number of carbonyl (C=O) groups is 2. The monoisotopic (exact) mass is 388 g/mol. The third-order valence-electron chi connectivity index (χ3n) is 4.62. The van der Waals surface area contributed by atoms with Gasteiger partial charge in [0, 0.05) is 19.4 Å². The van der Waals surface area contributed by atoms with Gasteiger partial charge in [0.15, 0.2) is 0 Å². The van der Waals surface area contributed by atoms with E-state index in [0.717, 1.165) is 17.6 Å². The molecule has 0 unspecified atom stereocenters. The van der Waals surface area contributed by atoms with Crippen molar-refractivity contribution in [3.8, 4) is 0 Å². The summed E-state index contributed by atoms with van der Waals surface area (Å²) in [4.78, 5) is 22.8. The summed E-state index contributed by atoms with van der Waals surface area (Å²) < 4.78 is 10.4. The van der Waals surface area contributed by atoms with Crippen LogP contribution in [-0.2, 0) is 25.5 Å². The van der Waals surface area contributed by atoms with Crippen LogP contribution in [0.5, 0.6) is 0 Å². The Kier molecular flexibility index (Phi) is 11.2. The number of carbonyl (C=O) groups excluding carboxylic acids is 2. The Morgan fingerprint density at radius 3 is 1.93 bits per heavy atom. The number of aryl methyl sites for hydroxylation is 1. The van der Waals surface area contributed by atoms with Crippen LogP contribution < -0.4 is 0 Å². The first-order valence-electron chi connectivity index (χ1n) is 10.5. The van der Waals surface area contributed by atoms with Crippen LogP contribution in [-0.4, -0.2) is 18.2 Å². The van der Waals surface area contributed by atoms with E-state index in [1.54, 1.807) is 0 Å². The largest absolute Gasteiger partial charge is 0.421 e. The summed E-state index contributed by atoms with van der Waals surface area (Å²) in [5.74, 6) is -0.898. The average Bonchev–Trinajstić information content (AvgIpc) is 2.62. The highest BCUT2D eigenvalue weighted by Crippen LogP contribution is 2.23. The minimum atomic E-state index is -0.988. The first-order chi connectivity index (χ1) is 13.3. The standard InChI is InChI=1S/C24H36O4/c1-6-7-8-9-10-11-12-21-13-15-22(16-14-21)17-23(18(2)3)24(27-19(4)25)28-20(5)26/h13-18,24H,6-12H2,1-5H3. The molecule has 0 fully saturated rings. The number of ether oxygens (including phenoxy) is 2. The first-order valence-corrected chi connectivity index (χ1v) is 10.5. The highest BCUT2D eigenvalue weighted by molar-refractivity contribution is 5.69. The van der Waals surface area contributed by atoms with Crippen LogP contribution in [0.25, 0.3) is 6.08 Å². The molecule has 0 radical (unpaired) electrons. The van der Waals surface area contributed by atoms with Gasteiger partial charge in [-0.3, -0.25) is 9.59 Å². The Bertz CT molecular complexity index is 613. The van der Waals surface area contributed by atoms with Crippen LogP contribution in [0.2, 0.25) is 0 Å². The quantitative estimate of drug-likeness (QED) is 0.247. The van der Waals surface area contributed by atoms with Gasteiger partial charge in [0.2, 0.25) is 0 Å². The lowest BCUT2D eigenvalue weighted by Crippen LogP contribution is -2.26. The molecule has 4 nitrogen and oxygen atoms in total. The van der Waals surface area contributed by atoms with Gasteiger partial charge in [-0.1, -0.05) is 77.1 Å². The van der Waals surface area contributed by atoms with E-state index in [1.165, 1.54) is 57.9 Å². The van der Waals surface area contributed by atoms with Gasteiger partial charge in [-0.15, -0.1) is 0 Å². The molecule has 1 aromatic rings. The van der Waals surface area contributed by atoms with Crippen molar-refractivity contribution in [2.24, 2.45) is 5.92 Å². The Balaban J connectivity index is 2.77. The molecular weight excluding hydrogens is 352 g/mol. The number of hydrogen-bond donors (Lipinski definition) is 0. The zero-order valence-corrected chi connectivity index (χ0v) is 18.1. The number of benzene rings is 1. The van der Waals surface area contributed by atoms with Gasteiger partial charge >= 0.3 is 11.9 Å². The molecule has 156 valence electrons. The Morgan fingerprint density at radius 2 is 1.43 bits per heavy atom. The summed E-state index contributed by atoms with van der Waals surface area (Å²) in [6, 6.07) is 8.41. The second-order valence-electron chi connectivity index (χ2n) is 7.61. The molecule has 1 rings (SSSR count). The van der Waals surface area contributed by atoms with E-state index in [4.69, 9.17) is 9.47 Å². The predicted octanol–water partition coefficient (Wildman–Crippen LogP) is 6.08. The molecule has 0 aromatic heterocycles. The van der Waals surface area contributed by atoms with E-state index < -0.39 is 18.2 Å². The van der Waals surface area contributed by atoms with Crippen LogP contribution in [0.15, 0.2) is 29.8 Å². The fourth-order valence-corrected chi connectivity index (χ4v) is 3.05. The third-order valence-corrected chi connectivity index (χ3v) is 4.62. The molecule has 0 amide bonds. The number of hydrogen-bond acceptors (Lipinski definition) is 4. The molecule has 1 aromatic carbocycles. The SMILES string of the molecule is CCCCCCCCc1ccc(C=C(C(C)C)C(OC(C)=O)OC(C)=O)cc1. The lowest BCUT2D eigenvalue weighted by Gasteiger charge is -2.22. The van der Waals surface area contributed by atoms with E-state index in [9.17, 15) is 9.59 Å². The van der Waals surface area contributed by atoms with Crippen LogP contribution >= 0.6 is 0 Å². The maximum absolute atomic E-state index is 11.4. The molecule has 0 aliphatic carbocycles. The van der Waals surface area contributed by atoms with Crippen molar-refractivity contribution in [1.82, 2.24) is 0 Å². The predicted molar refractivity (Wildman–Crippen MR) is 114 cm³/mol. The van der Waals surface area contributed by atoms with E-state index in [2.05, 4.69) is 31.2 Å². The molecule has 0 spiro atoms. The minimum Gasteiger partial charge on any atom is -0.421 e. The lowest BCUT2D eigenvalue weighted by molar-refractivity contribution is -0.178. The van der Waals surface area contributed by atoms with Crippen LogP contribution in [0.4, 0.5) is 0 Å². The van der Waals surface area contributed by atoms with Gasteiger partial charge in [-0.2, -0.15) is 0 Å². The summed E-state index contributed by atoms with van der Waals surface area (Å²) in [6.45, 7) is 8.83. The summed E-state index contributed by atoms with van der Waals surface area (Å²) in [6.07, 6.45) is 9.82. The first kappa shape index (κ1) is 23.9. The zero-order chi connectivity index (χ0) is 20.9. The van der Waals surface area contributed by atoms with Crippen molar-refractivity contribution in [3.63, 3.8) is 0 Å². The molecular formula is C24H36O4. The Labute approximate surface area is 170 Å². The van der Waals surface area contributed by atoms with Crippen molar-refractivity contribution in [2.45, 2.75) is 85.9 Å². The molecule has 0 aliphatic heterocycles. The molecule has 0 bridgehead atoms. The molecule has 0 N–H and O–H groups in total.